The van der Waals surface area contributed by atoms with Crippen LogP contribution in [-0.4, -0.2) is 24.7 Å². The van der Waals surface area contributed by atoms with E-state index in [1.165, 1.54) is 5.56 Å². The molecule has 0 saturated carbocycles. The number of carbonyl (C=O) groups is 1. The topological polar surface area (TPSA) is 38.3 Å². The maximum Gasteiger partial charge on any atom is 0.251 e. The molecule has 1 N–H and O–H groups in total. The molecule has 1 unspecified atom stereocenters. The molecule has 1 heterocycles. The number of hydrogen-bond donors (Lipinski definition) is 1. The third-order valence-corrected chi connectivity index (χ3v) is 3.81. The summed E-state index contributed by atoms with van der Waals surface area (Å²) in [6.45, 7) is 3.18. The third-order valence-electron chi connectivity index (χ3n) is 3.56. The molecule has 1 aliphatic rings. The average Bonchev–Trinajstić information content (AvgIpc) is 2.42. The highest BCUT2D eigenvalue weighted by atomic mass is 35.5. The smallest absolute Gasteiger partial charge is 0.251 e. The summed E-state index contributed by atoms with van der Waals surface area (Å²) in [5.74, 6) is 0.00108. The van der Waals surface area contributed by atoms with Gasteiger partial charge in [-0.25, -0.2) is 0 Å². The van der Waals surface area contributed by atoms with Crippen LogP contribution in [0.25, 0.3) is 0 Å². The maximum atomic E-state index is 12.1. The molecule has 19 heavy (non-hydrogen) atoms. The molecule has 1 atom stereocenters. The molecule has 1 aliphatic heterocycles. The average molecular weight is 282 g/mol. The Bertz CT molecular complexity index is 424. The Labute approximate surface area is 119 Å². The Balaban J connectivity index is 1.78. The molecule has 0 bridgehead atoms. The second kappa shape index (κ2) is 6.40. The zero-order valence-electron chi connectivity index (χ0n) is 11.2. The van der Waals surface area contributed by atoms with Gasteiger partial charge < -0.3 is 10.1 Å². The first kappa shape index (κ1) is 14.4. The van der Waals surface area contributed by atoms with E-state index in [0.717, 1.165) is 30.7 Å². The quantitative estimate of drug-likeness (QED) is 0.921. The summed E-state index contributed by atoms with van der Waals surface area (Å²) in [7, 11) is 0. The standard InChI is InChI=1S/C15H20ClNO2/c1-15(9-2-3-11-19-15)14(18)17-10-8-12-4-6-13(16)7-5-12/h4-7H,2-3,8-11H2,1H3,(H,17,18). The number of amides is 1. The Morgan fingerprint density at radius 1 is 1.37 bits per heavy atom. The van der Waals surface area contributed by atoms with E-state index >= 15 is 0 Å². The van der Waals surface area contributed by atoms with E-state index < -0.39 is 5.60 Å². The predicted octanol–water partition coefficient (Wildman–Crippen LogP) is 2.96. The second-order valence-corrected chi connectivity index (χ2v) is 5.61. The number of halogens is 1. The van der Waals surface area contributed by atoms with Crippen LogP contribution in [0.1, 0.15) is 31.7 Å². The van der Waals surface area contributed by atoms with Gasteiger partial charge in [-0.2, -0.15) is 0 Å². The molecule has 0 spiro atoms. The molecule has 0 radical (unpaired) electrons. The molecule has 3 nitrogen and oxygen atoms in total. The van der Waals surface area contributed by atoms with Gasteiger partial charge in [-0.1, -0.05) is 23.7 Å². The maximum absolute atomic E-state index is 12.1. The van der Waals surface area contributed by atoms with Gasteiger partial charge in [-0.15, -0.1) is 0 Å². The molecule has 1 aromatic carbocycles. The van der Waals surface area contributed by atoms with Crippen molar-refractivity contribution >= 4 is 17.5 Å². The molecule has 1 saturated heterocycles. The predicted molar refractivity (Wildman–Crippen MR) is 76.4 cm³/mol. The van der Waals surface area contributed by atoms with Gasteiger partial charge in [0.05, 0.1) is 0 Å². The van der Waals surface area contributed by atoms with Crippen LogP contribution in [-0.2, 0) is 16.0 Å². The van der Waals surface area contributed by atoms with Gasteiger partial charge >= 0.3 is 0 Å². The molecule has 1 aromatic rings. The van der Waals surface area contributed by atoms with E-state index in [9.17, 15) is 4.79 Å². The van der Waals surface area contributed by atoms with E-state index in [-0.39, 0.29) is 5.91 Å². The highest BCUT2D eigenvalue weighted by molar-refractivity contribution is 6.30. The number of nitrogens with one attached hydrogen (secondary N) is 1. The van der Waals surface area contributed by atoms with E-state index in [0.29, 0.717) is 13.2 Å². The molecule has 2 rings (SSSR count). The van der Waals surface area contributed by atoms with E-state index in [1.54, 1.807) is 0 Å². The summed E-state index contributed by atoms with van der Waals surface area (Å²) < 4.78 is 5.62. The van der Waals surface area contributed by atoms with Crippen molar-refractivity contribution < 1.29 is 9.53 Å². The summed E-state index contributed by atoms with van der Waals surface area (Å²) in [6.07, 6.45) is 3.72. The van der Waals surface area contributed by atoms with Crippen molar-refractivity contribution in [1.82, 2.24) is 5.32 Å². The summed E-state index contributed by atoms with van der Waals surface area (Å²) in [6, 6.07) is 7.69. The van der Waals surface area contributed by atoms with Gasteiger partial charge in [0.25, 0.3) is 5.91 Å². The van der Waals surface area contributed by atoms with Crippen molar-refractivity contribution in [2.75, 3.05) is 13.2 Å². The molecular formula is C15H20ClNO2. The molecule has 1 fully saturated rings. The van der Waals surface area contributed by atoms with Crippen LogP contribution >= 0.6 is 11.6 Å². The van der Waals surface area contributed by atoms with Crippen molar-refractivity contribution in [1.29, 1.82) is 0 Å². The van der Waals surface area contributed by atoms with Crippen LogP contribution in [0.2, 0.25) is 5.02 Å². The first-order valence-electron chi connectivity index (χ1n) is 6.77. The Hall–Kier alpha value is -1.06. The summed E-state index contributed by atoms with van der Waals surface area (Å²) in [5, 5.41) is 3.69. The molecule has 0 aliphatic carbocycles. The molecular weight excluding hydrogens is 262 g/mol. The van der Waals surface area contributed by atoms with Crippen molar-refractivity contribution in [3.63, 3.8) is 0 Å². The van der Waals surface area contributed by atoms with Crippen molar-refractivity contribution in [3.8, 4) is 0 Å². The number of rotatable bonds is 4. The number of benzene rings is 1. The van der Waals surface area contributed by atoms with Gasteiger partial charge in [0, 0.05) is 18.2 Å². The van der Waals surface area contributed by atoms with Crippen LogP contribution < -0.4 is 5.32 Å². The molecule has 1 amide bonds. The second-order valence-electron chi connectivity index (χ2n) is 5.17. The third kappa shape index (κ3) is 3.95. The van der Waals surface area contributed by atoms with Crippen LogP contribution in [0.4, 0.5) is 0 Å². The van der Waals surface area contributed by atoms with Crippen LogP contribution in [0.3, 0.4) is 0 Å². The Morgan fingerprint density at radius 3 is 2.74 bits per heavy atom. The lowest BCUT2D eigenvalue weighted by molar-refractivity contribution is -0.150. The fourth-order valence-corrected chi connectivity index (χ4v) is 2.40. The van der Waals surface area contributed by atoms with Gasteiger partial charge in [-0.3, -0.25) is 4.79 Å². The van der Waals surface area contributed by atoms with Crippen molar-refractivity contribution in [2.24, 2.45) is 0 Å². The summed E-state index contributed by atoms with van der Waals surface area (Å²) >= 11 is 5.83. The highest BCUT2D eigenvalue weighted by Gasteiger charge is 2.35. The monoisotopic (exact) mass is 281 g/mol. The molecule has 0 aromatic heterocycles. The fourth-order valence-electron chi connectivity index (χ4n) is 2.27. The molecule has 104 valence electrons. The van der Waals surface area contributed by atoms with Crippen LogP contribution in [0, 0.1) is 0 Å². The highest BCUT2D eigenvalue weighted by Crippen LogP contribution is 2.24. The van der Waals surface area contributed by atoms with Crippen molar-refractivity contribution in [2.45, 2.75) is 38.2 Å². The van der Waals surface area contributed by atoms with Crippen molar-refractivity contribution in [3.05, 3.63) is 34.9 Å². The van der Waals surface area contributed by atoms with Gasteiger partial charge in [0.15, 0.2) is 0 Å². The fraction of sp³-hybridized carbons (Fsp3) is 0.533. The summed E-state index contributed by atoms with van der Waals surface area (Å²) in [4.78, 5) is 12.1. The van der Waals surface area contributed by atoms with E-state index in [4.69, 9.17) is 16.3 Å². The lowest BCUT2D eigenvalue weighted by Gasteiger charge is -2.32. The van der Waals surface area contributed by atoms with Crippen LogP contribution in [0.15, 0.2) is 24.3 Å². The first-order valence-corrected chi connectivity index (χ1v) is 7.15. The lowest BCUT2D eigenvalue weighted by atomic mass is 9.95. The number of ether oxygens (including phenoxy) is 1. The normalized spacial score (nSPS) is 23.1. The SMILES string of the molecule is CC1(C(=O)NCCc2ccc(Cl)cc2)CCCCO1. The van der Waals surface area contributed by atoms with Crippen LogP contribution in [0.5, 0.6) is 0 Å². The minimum Gasteiger partial charge on any atom is -0.365 e. The van der Waals surface area contributed by atoms with Gasteiger partial charge in [-0.05, 0) is 50.3 Å². The largest absolute Gasteiger partial charge is 0.365 e. The van der Waals surface area contributed by atoms with E-state index in [1.807, 2.05) is 31.2 Å². The number of hydrogen-bond acceptors (Lipinski definition) is 2. The van der Waals surface area contributed by atoms with Gasteiger partial charge in [0.2, 0.25) is 0 Å². The lowest BCUT2D eigenvalue weighted by Crippen LogP contribution is -2.48. The number of carbonyl (C=O) groups excluding carboxylic acids is 1. The van der Waals surface area contributed by atoms with Gasteiger partial charge in [0.1, 0.15) is 5.60 Å². The minimum absolute atomic E-state index is 0.00108. The Kier molecular flexibility index (Phi) is 4.83. The minimum atomic E-state index is -0.641. The zero-order valence-corrected chi connectivity index (χ0v) is 12.0. The van der Waals surface area contributed by atoms with E-state index in [2.05, 4.69) is 5.32 Å². The Morgan fingerprint density at radius 2 is 2.11 bits per heavy atom. The molecule has 4 heteroatoms. The first-order chi connectivity index (χ1) is 9.10. The zero-order chi connectivity index (χ0) is 13.7. The summed E-state index contributed by atoms with van der Waals surface area (Å²) in [5.41, 5.74) is 0.525.